The van der Waals surface area contributed by atoms with E-state index in [4.69, 9.17) is 0 Å². The van der Waals surface area contributed by atoms with Crippen molar-refractivity contribution in [2.24, 2.45) is 0 Å². The van der Waals surface area contributed by atoms with Crippen molar-refractivity contribution >= 4 is 15.7 Å². The van der Waals surface area contributed by atoms with Crippen LogP contribution in [0.4, 0.5) is 5.69 Å². The first kappa shape index (κ1) is 15.5. The Labute approximate surface area is 124 Å². The zero-order valence-corrected chi connectivity index (χ0v) is 13.1. The number of aromatic amines is 1. The van der Waals surface area contributed by atoms with E-state index in [1.54, 1.807) is 19.1 Å². The minimum Gasteiger partial charge on any atom is -0.311 e. The first-order chi connectivity index (χ1) is 9.94. The maximum atomic E-state index is 12.5. The van der Waals surface area contributed by atoms with E-state index in [-0.39, 0.29) is 4.90 Å². The Morgan fingerprint density at radius 3 is 2.67 bits per heavy atom. The van der Waals surface area contributed by atoms with Crippen molar-refractivity contribution in [3.63, 3.8) is 0 Å². The van der Waals surface area contributed by atoms with Gasteiger partial charge in [0, 0.05) is 12.2 Å². The fourth-order valence-electron chi connectivity index (χ4n) is 1.92. The summed E-state index contributed by atoms with van der Waals surface area (Å²) in [5.74, 6) is 0. The number of hydrogen-bond acceptors (Lipinski definition) is 5. The lowest BCUT2D eigenvalue weighted by Crippen LogP contribution is -2.19. The van der Waals surface area contributed by atoms with Gasteiger partial charge in [-0.25, -0.2) is 8.42 Å². The zero-order valence-electron chi connectivity index (χ0n) is 12.3. The third-order valence-electron chi connectivity index (χ3n) is 2.94. The van der Waals surface area contributed by atoms with Gasteiger partial charge in [-0.3, -0.25) is 14.8 Å². The van der Waals surface area contributed by atoms with Gasteiger partial charge in [0.05, 0.1) is 23.3 Å². The summed E-state index contributed by atoms with van der Waals surface area (Å²) >= 11 is 0. The van der Waals surface area contributed by atoms with E-state index in [2.05, 4.69) is 25.2 Å². The predicted molar refractivity (Wildman–Crippen MR) is 80.5 cm³/mol. The summed E-state index contributed by atoms with van der Waals surface area (Å²) < 4.78 is 27.6. The number of H-pyrrole nitrogens is 1. The number of anilines is 1. The van der Waals surface area contributed by atoms with Crippen LogP contribution in [0.25, 0.3) is 0 Å². The molecule has 7 nitrogen and oxygen atoms in total. The second-order valence-corrected chi connectivity index (χ2v) is 6.32. The van der Waals surface area contributed by atoms with Gasteiger partial charge < -0.3 is 5.32 Å². The smallest absolute Gasteiger partial charge is 0.265 e. The van der Waals surface area contributed by atoms with Crippen molar-refractivity contribution in [3.05, 3.63) is 35.4 Å². The molecule has 0 aliphatic rings. The highest BCUT2D eigenvalue weighted by molar-refractivity contribution is 7.92. The molecule has 0 fully saturated rings. The molecule has 0 unspecified atom stereocenters. The molecule has 0 bridgehead atoms. The van der Waals surface area contributed by atoms with E-state index in [0.717, 1.165) is 12.2 Å². The zero-order chi connectivity index (χ0) is 15.5. The van der Waals surface area contributed by atoms with Gasteiger partial charge in [-0.05, 0) is 32.5 Å². The molecule has 0 aromatic carbocycles. The molecule has 2 aromatic rings. The topological polar surface area (TPSA) is 99.8 Å². The van der Waals surface area contributed by atoms with Gasteiger partial charge in [-0.1, -0.05) is 6.92 Å². The Morgan fingerprint density at radius 1 is 1.29 bits per heavy atom. The molecule has 0 spiro atoms. The van der Waals surface area contributed by atoms with Crippen molar-refractivity contribution in [2.45, 2.75) is 32.2 Å². The number of rotatable bonds is 6. The molecule has 3 N–H and O–H groups in total. The number of sulfonamides is 1. The van der Waals surface area contributed by atoms with Crippen LogP contribution in [0.2, 0.25) is 0 Å². The average Bonchev–Trinajstić information content (AvgIpc) is 2.81. The number of pyridine rings is 1. The molecule has 0 aliphatic heterocycles. The second-order valence-electron chi connectivity index (χ2n) is 4.70. The fraction of sp³-hybridized carbons (Fsp3) is 0.385. The van der Waals surface area contributed by atoms with Gasteiger partial charge in [0.15, 0.2) is 0 Å². The molecular formula is C13H19N5O2S. The summed E-state index contributed by atoms with van der Waals surface area (Å²) in [6, 6.07) is 3.43. The van der Waals surface area contributed by atoms with Crippen LogP contribution in [0.1, 0.15) is 24.0 Å². The van der Waals surface area contributed by atoms with E-state index < -0.39 is 10.0 Å². The van der Waals surface area contributed by atoms with E-state index >= 15 is 0 Å². The van der Waals surface area contributed by atoms with Gasteiger partial charge >= 0.3 is 0 Å². The average molecular weight is 309 g/mol. The highest BCUT2D eigenvalue weighted by Gasteiger charge is 2.24. The maximum Gasteiger partial charge on any atom is 0.265 e. The largest absolute Gasteiger partial charge is 0.311 e. The van der Waals surface area contributed by atoms with Crippen LogP contribution >= 0.6 is 0 Å². The normalized spacial score (nSPS) is 11.6. The lowest BCUT2D eigenvalue weighted by molar-refractivity contribution is 0.597. The SMILES string of the molecule is CCNCc1n[nH]c(C)c1S(=O)(=O)Nc1ccc(C)nc1. The molecule has 8 heteroatoms. The maximum absolute atomic E-state index is 12.5. The first-order valence-corrected chi connectivity index (χ1v) is 8.12. The van der Waals surface area contributed by atoms with Gasteiger partial charge in [-0.2, -0.15) is 5.10 Å². The minimum absolute atomic E-state index is 0.184. The monoisotopic (exact) mass is 309 g/mol. The van der Waals surface area contributed by atoms with Crippen molar-refractivity contribution in [1.82, 2.24) is 20.5 Å². The number of nitrogens with one attached hydrogen (secondary N) is 3. The lowest BCUT2D eigenvalue weighted by atomic mass is 10.3. The number of hydrogen-bond donors (Lipinski definition) is 3. The molecule has 0 radical (unpaired) electrons. The Balaban J connectivity index is 2.31. The van der Waals surface area contributed by atoms with Crippen LogP contribution in [0.3, 0.4) is 0 Å². The number of nitrogens with zero attached hydrogens (tertiary/aromatic N) is 2. The van der Waals surface area contributed by atoms with Crippen molar-refractivity contribution < 1.29 is 8.42 Å². The molecular weight excluding hydrogens is 290 g/mol. The van der Waals surface area contributed by atoms with E-state index in [0.29, 0.717) is 23.6 Å². The van der Waals surface area contributed by atoms with Crippen LogP contribution in [-0.2, 0) is 16.6 Å². The Morgan fingerprint density at radius 2 is 2.05 bits per heavy atom. The Kier molecular flexibility index (Phi) is 4.59. The molecule has 21 heavy (non-hydrogen) atoms. The summed E-state index contributed by atoms with van der Waals surface area (Å²) in [7, 11) is -3.70. The molecule has 0 atom stereocenters. The predicted octanol–water partition coefficient (Wildman–Crippen LogP) is 1.33. The quantitative estimate of drug-likeness (QED) is 0.747. The molecule has 2 rings (SSSR count). The molecule has 2 aromatic heterocycles. The Bertz CT molecular complexity index is 707. The third kappa shape index (κ3) is 3.59. The molecule has 114 valence electrons. The van der Waals surface area contributed by atoms with Crippen LogP contribution in [0, 0.1) is 13.8 Å². The summed E-state index contributed by atoms with van der Waals surface area (Å²) in [4.78, 5) is 4.26. The van der Waals surface area contributed by atoms with Crippen LogP contribution in [0.15, 0.2) is 23.2 Å². The van der Waals surface area contributed by atoms with E-state index in [1.165, 1.54) is 6.20 Å². The molecule has 2 heterocycles. The molecule has 0 amide bonds. The highest BCUT2D eigenvalue weighted by Crippen LogP contribution is 2.21. The summed E-state index contributed by atoms with van der Waals surface area (Å²) in [5, 5.41) is 9.85. The first-order valence-electron chi connectivity index (χ1n) is 6.64. The standard InChI is InChI=1S/C13H19N5O2S/c1-4-14-8-12-13(10(3)16-17-12)21(19,20)18-11-6-5-9(2)15-7-11/h5-7,14,18H,4,8H2,1-3H3,(H,16,17). The third-order valence-corrected chi connectivity index (χ3v) is 4.52. The van der Waals surface area contributed by atoms with Crippen molar-refractivity contribution in [2.75, 3.05) is 11.3 Å². The Hall–Kier alpha value is -1.93. The molecule has 0 saturated heterocycles. The summed E-state index contributed by atoms with van der Waals surface area (Å²) in [6.45, 7) is 6.60. The highest BCUT2D eigenvalue weighted by atomic mass is 32.2. The van der Waals surface area contributed by atoms with Gasteiger partial charge in [0.25, 0.3) is 10.0 Å². The van der Waals surface area contributed by atoms with Gasteiger partial charge in [0.2, 0.25) is 0 Å². The number of aryl methyl sites for hydroxylation is 2. The van der Waals surface area contributed by atoms with Crippen molar-refractivity contribution in [1.29, 1.82) is 0 Å². The summed E-state index contributed by atoms with van der Waals surface area (Å²) in [5.41, 5.74) is 2.23. The second kappa shape index (κ2) is 6.23. The number of aromatic nitrogens is 3. The minimum atomic E-state index is -3.70. The summed E-state index contributed by atoms with van der Waals surface area (Å²) in [6.07, 6.45) is 1.49. The van der Waals surface area contributed by atoms with E-state index in [1.807, 2.05) is 13.8 Å². The van der Waals surface area contributed by atoms with E-state index in [9.17, 15) is 8.42 Å². The van der Waals surface area contributed by atoms with Crippen molar-refractivity contribution in [3.8, 4) is 0 Å². The fourth-order valence-corrected chi connectivity index (χ4v) is 3.33. The van der Waals surface area contributed by atoms with Crippen LogP contribution in [-0.4, -0.2) is 30.1 Å². The van der Waals surface area contributed by atoms with Crippen LogP contribution in [0.5, 0.6) is 0 Å². The molecule has 0 aliphatic carbocycles. The molecule has 0 saturated carbocycles. The van der Waals surface area contributed by atoms with Gasteiger partial charge in [-0.15, -0.1) is 0 Å². The lowest BCUT2D eigenvalue weighted by Gasteiger charge is -2.09. The van der Waals surface area contributed by atoms with Gasteiger partial charge in [0.1, 0.15) is 4.90 Å². The van der Waals surface area contributed by atoms with Crippen LogP contribution < -0.4 is 10.0 Å².